The highest BCUT2D eigenvalue weighted by atomic mass is 14.5. The molecule has 2 aliphatic rings. The molecule has 2 unspecified atom stereocenters. The smallest absolute Gasteiger partial charge is 0.0204 e. The first-order chi connectivity index (χ1) is 7.35. The molecule has 1 fully saturated rings. The zero-order valence-corrected chi connectivity index (χ0v) is 9.11. The van der Waals surface area contributed by atoms with Crippen LogP contribution in [0.3, 0.4) is 0 Å². The number of benzene rings is 1. The summed E-state index contributed by atoms with van der Waals surface area (Å²) in [5, 5.41) is 0. The predicted molar refractivity (Wildman–Crippen MR) is 63.9 cm³/mol. The van der Waals surface area contributed by atoms with Gasteiger partial charge in [0.15, 0.2) is 0 Å². The molecule has 0 amide bonds. The van der Waals surface area contributed by atoms with Crippen molar-refractivity contribution in [3.8, 4) is 0 Å². The summed E-state index contributed by atoms with van der Waals surface area (Å²) in [5.41, 5.74) is 3.29. The van der Waals surface area contributed by atoms with Crippen LogP contribution in [0.1, 0.15) is 24.5 Å². The van der Waals surface area contributed by atoms with E-state index in [-0.39, 0.29) is 0 Å². The van der Waals surface area contributed by atoms with Crippen molar-refractivity contribution >= 4 is 0 Å². The number of allylic oxidation sites excluding steroid dienone is 4. The van der Waals surface area contributed by atoms with E-state index < -0.39 is 0 Å². The van der Waals surface area contributed by atoms with Gasteiger partial charge in [-0.25, -0.2) is 0 Å². The van der Waals surface area contributed by atoms with Gasteiger partial charge in [0, 0.05) is 5.41 Å². The van der Waals surface area contributed by atoms with Crippen LogP contribution in [0.5, 0.6) is 0 Å². The van der Waals surface area contributed by atoms with E-state index in [2.05, 4.69) is 55.5 Å². The number of fused-ring (bicyclic) bond motifs is 1. The third-order valence-corrected chi connectivity index (χ3v) is 3.81. The van der Waals surface area contributed by atoms with Crippen molar-refractivity contribution in [1.29, 1.82) is 0 Å². The molecule has 76 valence electrons. The summed E-state index contributed by atoms with van der Waals surface area (Å²) >= 11 is 0. The van der Waals surface area contributed by atoms with Crippen molar-refractivity contribution in [2.24, 2.45) is 5.92 Å². The van der Waals surface area contributed by atoms with Crippen LogP contribution in [0.15, 0.2) is 48.6 Å². The largest absolute Gasteiger partial charge is 0.0802 e. The highest BCUT2D eigenvalue weighted by Crippen LogP contribution is 2.57. The molecule has 0 aliphatic heterocycles. The summed E-state index contributed by atoms with van der Waals surface area (Å²) in [6.07, 6.45) is 11.5. The van der Waals surface area contributed by atoms with E-state index in [0.717, 1.165) is 12.3 Å². The number of rotatable bonds is 2. The van der Waals surface area contributed by atoms with E-state index in [1.165, 1.54) is 17.5 Å². The number of aryl methyl sites for hydroxylation is 1. The van der Waals surface area contributed by atoms with E-state index in [9.17, 15) is 0 Å². The third-order valence-electron chi connectivity index (χ3n) is 3.81. The van der Waals surface area contributed by atoms with Crippen LogP contribution in [-0.2, 0) is 11.8 Å². The quantitative estimate of drug-likeness (QED) is 0.677. The Morgan fingerprint density at radius 1 is 1.20 bits per heavy atom. The highest BCUT2D eigenvalue weighted by molar-refractivity contribution is 5.46. The molecule has 15 heavy (non-hydrogen) atoms. The SMILES string of the molecule is CCc1ccc(C23C=CC=CC2C3)cc1. The van der Waals surface area contributed by atoms with Crippen molar-refractivity contribution in [2.45, 2.75) is 25.2 Å². The lowest BCUT2D eigenvalue weighted by atomic mass is 9.90. The van der Waals surface area contributed by atoms with Gasteiger partial charge in [-0.05, 0) is 29.9 Å². The average molecular weight is 196 g/mol. The van der Waals surface area contributed by atoms with Gasteiger partial charge in [0.2, 0.25) is 0 Å². The van der Waals surface area contributed by atoms with Crippen molar-refractivity contribution in [3.63, 3.8) is 0 Å². The summed E-state index contributed by atoms with van der Waals surface area (Å²) < 4.78 is 0. The highest BCUT2D eigenvalue weighted by Gasteiger charge is 2.52. The van der Waals surface area contributed by atoms with E-state index in [1.807, 2.05) is 0 Å². The van der Waals surface area contributed by atoms with E-state index in [1.54, 1.807) is 0 Å². The van der Waals surface area contributed by atoms with Crippen molar-refractivity contribution in [2.75, 3.05) is 0 Å². The first-order valence-corrected chi connectivity index (χ1v) is 5.80. The Balaban J connectivity index is 1.94. The lowest BCUT2D eigenvalue weighted by Gasteiger charge is -2.14. The molecule has 3 rings (SSSR count). The molecule has 0 saturated heterocycles. The van der Waals surface area contributed by atoms with Crippen molar-refractivity contribution in [3.05, 3.63) is 59.7 Å². The molecule has 0 radical (unpaired) electrons. The summed E-state index contributed by atoms with van der Waals surface area (Å²) in [7, 11) is 0. The maximum absolute atomic E-state index is 2.37. The van der Waals surface area contributed by atoms with Crippen LogP contribution in [0.2, 0.25) is 0 Å². The predicted octanol–water partition coefficient (Wildman–Crippen LogP) is 3.63. The van der Waals surface area contributed by atoms with Gasteiger partial charge in [0.25, 0.3) is 0 Å². The number of hydrogen-bond acceptors (Lipinski definition) is 0. The topological polar surface area (TPSA) is 0 Å². The first-order valence-electron chi connectivity index (χ1n) is 5.80. The summed E-state index contributed by atoms with van der Waals surface area (Å²) in [5.74, 6) is 0.759. The van der Waals surface area contributed by atoms with Crippen LogP contribution in [0.4, 0.5) is 0 Å². The molecule has 2 aliphatic carbocycles. The van der Waals surface area contributed by atoms with Gasteiger partial charge < -0.3 is 0 Å². The van der Waals surface area contributed by atoms with Gasteiger partial charge >= 0.3 is 0 Å². The molecule has 0 spiro atoms. The van der Waals surface area contributed by atoms with E-state index >= 15 is 0 Å². The Morgan fingerprint density at radius 2 is 2.00 bits per heavy atom. The summed E-state index contributed by atoms with van der Waals surface area (Å²) in [6, 6.07) is 9.15. The molecule has 0 N–H and O–H groups in total. The van der Waals surface area contributed by atoms with Gasteiger partial charge in [0.05, 0.1) is 0 Å². The van der Waals surface area contributed by atoms with Crippen LogP contribution >= 0.6 is 0 Å². The summed E-state index contributed by atoms with van der Waals surface area (Å²) in [6.45, 7) is 2.20. The summed E-state index contributed by atoms with van der Waals surface area (Å²) in [4.78, 5) is 0. The van der Waals surface area contributed by atoms with E-state index in [0.29, 0.717) is 5.41 Å². The monoisotopic (exact) mass is 196 g/mol. The minimum absolute atomic E-state index is 0.362. The minimum atomic E-state index is 0.362. The molecule has 0 heterocycles. The van der Waals surface area contributed by atoms with Crippen LogP contribution < -0.4 is 0 Å². The normalized spacial score (nSPS) is 31.4. The molecular formula is C15H16. The molecule has 0 bridgehead atoms. The molecular weight excluding hydrogens is 180 g/mol. The maximum Gasteiger partial charge on any atom is 0.0204 e. The Hall–Kier alpha value is -1.30. The zero-order valence-electron chi connectivity index (χ0n) is 9.11. The van der Waals surface area contributed by atoms with Crippen molar-refractivity contribution < 1.29 is 0 Å². The molecule has 2 atom stereocenters. The minimum Gasteiger partial charge on any atom is -0.0802 e. The second kappa shape index (κ2) is 3.10. The second-order valence-corrected chi connectivity index (χ2v) is 4.65. The number of hydrogen-bond donors (Lipinski definition) is 0. The van der Waals surface area contributed by atoms with Gasteiger partial charge in [-0.3, -0.25) is 0 Å². The molecule has 1 aromatic rings. The Morgan fingerprint density at radius 3 is 2.67 bits per heavy atom. The van der Waals surface area contributed by atoms with E-state index in [4.69, 9.17) is 0 Å². The fraction of sp³-hybridized carbons (Fsp3) is 0.333. The van der Waals surface area contributed by atoms with Crippen LogP contribution in [-0.4, -0.2) is 0 Å². The molecule has 0 aromatic heterocycles. The first kappa shape index (κ1) is 8.96. The fourth-order valence-electron chi connectivity index (χ4n) is 2.64. The van der Waals surface area contributed by atoms with Gasteiger partial charge in [-0.15, -0.1) is 0 Å². The fourth-order valence-corrected chi connectivity index (χ4v) is 2.64. The molecule has 0 heteroatoms. The molecule has 1 saturated carbocycles. The maximum atomic E-state index is 2.37. The Bertz CT molecular complexity index is 422. The van der Waals surface area contributed by atoms with Crippen molar-refractivity contribution in [1.82, 2.24) is 0 Å². The van der Waals surface area contributed by atoms with Gasteiger partial charge in [-0.2, -0.15) is 0 Å². The Labute approximate surface area is 91.3 Å². The van der Waals surface area contributed by atoms with Gasteiger partial charge in [-0.1, -0.05) is 55.5 Å². The third kappa shape index (κ3) is 1.28. The lowest BCUT2D eigenvalue weighted by Crippen LogP contribution is -2.07. The van der Waals surface area contributed by atoms with Crippen LogP contribution in [0.25, 0.3) is 0 Å². The molecule has 0 nitrogen and oxygen atoms in total. The standard InChI is InChI=1S/C15H16/c1-2-12-6-8-13(9-7-12)15-10-4-3-5-14(15)11-15/h3-10,14H,2,11H2,1H3. The van der Waals surface area contributed by atoms with Gasteiger partial charge in [0.1, 0.15) is 0 Å². The zero-order chi connectivity index (χ0) is 10.3. The lowest BCUT2D eigenvalue weighted by molar-refractivity contribution is 0.816. The van der Waals surface area contributed by atoms with Crippen LogP contribution in [0, 0.1) is 5.92 Å². The average Bonchev–Trinajstić information content (AvgIpc) is 3.05. The Kier molecular flexibility index (Phi) is 1.85. The second-order valence-electron chi connectivity index (χ2n) is 4.65. The molecule has 1 aromatic carbocycles.